The number of aryl methyl sites for hydroxylation is 2. The maximum absolute atomic E-state index is 5.69. The van der Waals surface area contributed by atoms with Crippen LogP contribution in [-0.2, 0) is 13.5 Å². The molecule has 1 aromatic rings. The molecule has 1 rings (SSSR count). The highest BCUT2D eigenvalue weighted by Gasteiger charge is 2.21. The van der Waals surface area contributed by atoms with Crippen molar-refractivity contribution < 1.29 is 0 Å². The molecule has 1 unspecified atom stereocenters. The van der Waals surface area contributed by atoms with Crippen molar-refractivity contribution in [2.24, 2.45) is 18.7 Å². The van der Waals surface area contributed by atoms with Gasteiger partial charge in [-0.05, 0) is 32.7 Å². The van der Waals surface area contributed by atoms with E-state index in [0.29, 0.717) is 18.5 Å². The van der Waals surface area contributed by atoms with Crippen LogP contribution in [-0.4, -0.2) is 29.4 Å². The summed E-state index contributed by atoms with van der Waals surface area (Å²) >= 11 is 0. The summed E-state index contributed by atoms with van der Waals surface area (Å²) in [6.45, 7) is 9.46. The zero-order chi connectivity index (χ0) is 13.2. The summed E-state index contributed by atoms with van der Waals surface area (Å²) in [5.74, 6) is 1.81. The monoisotopic (exact) mass is 238 g/mol. The molecule has 4 heteroatoms. The van der Waals surface area contributed by atoms with E-state index in [-0.39, 0.29) is 0 Å². The van der Waals surface area contributed by atoms with Crippen LogP contribution in [0.4, 0.5) is 5.82 Å². The van der Waals surface area contributed by atoms with E-state index in [1.807, 2.05) is 11.7 Å². The van der Waals surface area contributed by atoms with Crippen LogP contribution in [0.3, 0.4) is 0 Å². The maximum Gasteiger partial charge on any atom is 0.130 e. The number of nitrogens with zero attached hydrogens (tertiary/aromatic N) is 3. The summed E-state index contributed by atoms with van der Waals surface area (Å²) in [5.41, 5.74) is 8.06. The molecule has 0 aliphatic rings. The minimum Gasteiger partial charge on any atom is -0.357 e. The molecule has 0 aliphatic carbocycles. The van der Waals surface area contributed by atoms with Crippen LogP contribution in [0.5, 0.6) is 0 Å². The topological polar surface area (TPSA) is 47.1 Å². The molecule has 17 heavy (non-hydrogen) atoms. The molecule has 0 radical (unpaired) electrons. The summed E-state index contributed by atoms with van der Waals surface area (Å²) in [6.07, 6.45) is 0.893. The smallest absolute Gasteiger partial charge is 0.130 e. The van der Waals surface area contributed by atoms with Gasteiger partial charge in [-0.2, -0.15) is 5.10 Å². The molecule has 0 fully saturated rings. The van der Waals surface area contributed by atoms with E-state index in [2.05, 4.69) is 44.7 Å². The number of nitrogens with two attached hydrogens (primary N) is 1. The van der Waals surface area contributed by atoms with Crippen LogP contribution in [0.2, 0.25) is 0 Å². The largest absolute Gasteiger partial charge is 0.357 e. The lowest BCUT2D eigenvalue weighted by atomic mass is 10.0. The zero-order valence-electron chi connectivity index (χ0n) is 12.0. The van der Waals surface area contributed by atoms with Crippen molar-refractivity contribution in [1.82, 2.24) is 9.78 Å². The fourth-order valence-corrected chi connectivity index (χ4v) is 2.21. The van der Waals surface area contributed by atoms with Crippen LogP contribution in [0.1, 0.15) is 32.0 Å². The molecule has 4 nitrogen and oxygen atoms in total. The van der Waals surface area contributed by atoms with Gasteiger partial charge in [-0.1, -0.05) is 13.8 Å². The number of aromatic nitrogens is 2. The van der Waals surface area contributed by atoms with Crippen LogP contribution in [0.25, 0.3) is 0 Å². The first kappa shape index (κ1) is 14.0. The first-order chi connectivity index (χ1) is 7.90. The highest BCUT2D eigenvalue weighted by atomic mass is 15.4. The van der Waals surface area contributed by atoms with Crippen molar-refractivity contribution in [3.63, 3.8) is 0 Å². The van der Waals surface area contributed by atoms with Gasteiger partial charge < -0.3 is 10.6 Å². The van der Waals surface area contributed by atoms with Gasteiger partial charge in [0, 0.05) is 25.7 Å². The quantitative estimate of drug-likeness (QED) is 0.849. The van der Waals surface area contributed by atoms with E-state index in [4.69, 9.17) is 5.73 Å². The van der Waals surface area contributed by atoms with E-state index in [0.717, 1.165) is 12.1 Å². The van der Waals surface area contributed by atoms with E-state index in [1.54, 1.807) is 0 Å². The molecule has 0 bridgehead atoms. The molecule has 1 atom stereocenters. The van der Waals surface area contributed by atoms with Gasteiger partial charge >= 0.3 is 0 Å². The molecule has 0 aromatic carbocycles. The Hall–Kier alpha value is -1.03. The Morgan fingerprint density at radius 2 is 1.94 bits per heavy atom. The highest BCUT2D eigenvalue weighted by molar-refractivity contribution is 5.50. The van der Waals surface area contributed by atoms with Gasteiger partial charge in [0.25, 0.3) is 0 Å². The molecule has 0 aliphatic heterocycles. The fraction of sp³-hybridized carbons (Fsp3) is 0.769. The molecule has 98 valence electrons. The predicted octanol–water partition coefficient (Wildman–Crippen LogP) is 1.71. The molecule has 1 heterocycles. The summed E-state index contributed by atoms with van der Waals surface area (Å²) in [4.78, 5) is 2.32. The second-order valence-corrected chi connectivity index (χ2v) is 5.15. The van der Waals surface area contributed by atoms with Crippen molar-refractivity contribution in [3.8, 4) is 0 Å². The molecule has 0 saturated carbocycles. The SMILES string of the molecule is Cc1nn(C)c(N(C)C(C)C(C)C)c1CCN. The minimum absolute atomic E-state index is 0.487. The first-order valence-electron chi connectivity index (χ1n) is 6.35. The van der Waals surface area contributed by atoms with Crippen LogP contribution >= 0.6 is 0 Å². The standard InChI is InChI=1S/C13H26N4/c1-9(2)11(4)16(5)13-12(7-8-14)10(3)15-17(13)6/h9,11H,7-8,14H2,1-6H3. The van der Waals surface area contributed by atoms with Crippen LogP contribution in [0.15, 0.2) is 0 Å². The highest BCUT2D eigenvalue weighted by Crippen LogP contribution is 2.25. The Labute approximate surface area is 105 Å². The number of hydrogen-bond donors (Lipinski definition) is 1. The predicted molar refractivity (Wildman–Crippen MR) is 73.4 cm³/mol. The van der Waals surface area contributed by atoms with Gasteiger partial charge in [0.2, 0.25) is 0 Å². The van der Waals surface area contributed by atoms with Crippen molar-refractivity contribution in [2.45, 2.75) is 40.2 Å². The summed E-state index contributed by atoms with van der Waals surface area (Å²) < 4.78 is 1.97. The van der Waals surface area contributed by atoms with Gasteiger partial charge in [-0.15, -0.1) is 0 Å². The summed E-state index contributed by atoms with van der Waals surface area (Å²) in [6, 6.07) is 0.487. The first-order valence-corrected chi connectivity index (χ1v) is 6.35. The summed E-state index contributed by atoms with van der Waals surface area (Å²) in [7, 11) is 4.15. The van der Waals surface area contributed by atoms with E-state index in [1.165, 1.54) is 11.4 Å². The van der Waals surface area contributed by atoms with Gasteiger partial charge in [-0.3, -0.25) is 4.68 Å². The lowest BCUT2D eigenvalue weighted by Gasteiger charge is -2.30. The average Bonchev–Trinajstić information content (AvgIpc) is 2.52. The molecule has 1 aromatic heterocycles. The number of rotatable bonds is 5. The fourth-order valence-electron chi connectivity index (χ4n) is 2.21. The normalized spacial score (nSPS) is 13.2. The Balaban J connectivity index is 3.11. The Kier molecular flexibility index (Phi) is 4.57. The second kappa shape index (κ2) is 5.54. The van der Waals surface area contributed by atoms with Crippen molar-refractivity contribution in [3.05, 3.63) is 11.3 Å². The minimum atomic E-state index is 0.487. The van der Waals surface area contributed by atoms with E-state index in [9.17, 15) is 0 Å². The Bertz CT molecular complexity index is 368. The van der Waals surface area contributed by atoms with Crippen LogP contribution < -0.4 is 10.6 Å². The van der Waals surface area contributed by atoms with Gasteiger partial charge in [0.15, 0.2) is 0 Å². The third-order valence-electron chi connectivity index (χ3n) is 3.62. The van der Waals surface area contributed by atoms with Gasteiger partial charge in [-0.25, -0.2) is 0 Å². The maximum atomic E-state index is 5.69. The molecule has 2 N–H and O–H groups in total. The molecule has 0 saturated heterocycles. The lowest BCUT2D eigenvalue weighted by molar-refractivity contribution is 0.495. The lowest BCUT2D eigenvalue weighted by Crippen LogP contribution is -2.35. The second-order valence-electron chi connectivity index (χ2n) is 5.15. The molecular weight excluding hydrogens is 212 g/mol. The Morgan fingerprint density at radius 1 is 1.35 bits per heavy atom. The third kappa shape index (κ3) is 2.80. The van der Waals surface area contributed by atoms with Crippen molar-refractivity contribution >= 4 is 5.82 Å². The van der Waals surface area contributed by atoms with Crippen molar-refractivity contribution in [1.29, 1.82) is 0 Å². The van der Waals surface area contributed by atoms with E-state index >= 15 is 0 Å². The van der Waals surface area contributed by atoms with Gasteiger partial charge in [0.05, 0.1) is 5.69 Å². The Morgan fingerprint density at radius 3 is 2.41 bits per heavy atom. The van der Waals surface area contributed by atoms with E-state index < -0.39 is 0 Å². The van der Waals surface area contributed by atoms with Crippen LogP contribution in [0, 0.1) is 12.8 Å². The molecule has 0 amide bonds. The molecule has 0 spiro atoms. The number of anilines is 1. The van der Waals surface area contributed by atoms with Crippen molar-refractivity contribution in [2.75, 3.05) is 18.5 Å². The molecular formula is C13H26N4. The third-order valence-corrected chi connectivity index (χ3v) is 3.62. The zero-order valence-corrected chi connectivity index (χ0v) is 12.0. The average molecular weight is 238 g/mol. The van der Waals surface area contributed by atoms with Gasteiger partial charge in [0.1, 0.15) is 5.82 Å². The summed E-state index contributed by atoms with van der Waals surface area (Å²) in [5, 5.41) is 4.51. The number of hydrogen-bond acceptors (Lipinski definition) is 3.